The van der Waals surface area contributed by atoms with Crippen molar-refractivity contribution in [3.8, 4) is 0 Å². The molecule has 0 aliphatic carbocycles. The Bertz CT molecular complexity index is 577. The number of oxazole rings is 1. The summed E-state index contributed by atoms with van der Waals surface area (Å²) in [5, 5.41) is 0.123. The van der Waals surface area contributed by atoms with E-state index in [9.17, 15) is 4.21 Å². The monoisotopic (exact) mass is 266 g/mol. The zero-order valence-corrected chi connectivity index (χ0v) is 11.7. The first kappa shape index (κ1) is 13.1. The van der Waals surface area contributed by atoms with E-state index in [4.69, 9.17) is 10.2 Å². The van der Waals surface area contributed by atoms with Crippen molar-refractivity contribution < 1.29 is 8.63 Å². The first-order valence-electron chi connectivity index (χ1n) is 6.00. The molecule has 0 aliphatic heterocycles. The molecule has 0 aliphatic rings. The number of hydrogen-bond acceptors (Lipinski definition) is 4. The van der Waals surface area contributed by atoms with Crippen LogP contribution in [0.4, 0.5) is 5.69 Å². The smallest absolute Gasteiger partial charge is 0.208 e. The molecule has 98 valence electrons. The van der Waals surface area contributed by atoms with Crippen molar-refractivity contribution in [3.05, 3.63) is 24.1 Å². The second-order valence-electron chi connectivity index (χ2n) is 4.78. The summed E-state index contributed by atoms with van der Waals surface area (Å²) in [6, 6.07) is 5.42. The fourth-order valence-corrected chi connectivity index (χ4v) is 2.87. The van der Waals surface area contributed by atoms with Crippen LogP contribution in [-0.4, -0.2) is 14.4 Å². The Kier molecular flexibility index (Phi) is 3.71. The number of fused-ring (bicyclic) bond motifs is 1. The molecule has 0 spiro atoms. The molecule has 2 atom stereocenters. The molecule has 0 saturated heterocycles. The number of para-hydroxylation sites is 1. The summed E-state index contributed by atoms with van der Waals surface area (Å²) in [5.74, 6) is 1.21. The highest BCUT2D eigenvalue weighted by molar-refractivity contribution is 7.84. The molecule has 0 radical (unpaired) electrons. The molecule has 5 heteroatoms. The third-order valence-corrected chi connectivity index (χ3v) is 5.02. The van der Waals surface area contributed by atoms with Crippen LogP contribution in [0.3, 0.4) is 0 Å². The minimum atomic E-state index is -0.976. The molecular formula is C13H18N2O2S. The highest BCUT2D eigenvalue weighted by atomic mass is 32.2. The molecule has 0 amide bonds. The van der Waals surface area contributed by atoms with Gasteiger partial charge in [-0.1, -0.05) is 26.8 Å². The van der Waals surface area contributed by atoms with Crippen LogP contribution in [0.15, 0.2) is 22.6 Å². The molecule has 1 aromatic carbocycles. The first-order valence-corrected chi connectivity index (χ1v) is 7.38. The molecular weight excluding hydrogens is 248 g/mol. The molecule has 2 rings (SSSR count). The normalized spacial score (nSPS) is 15.1. The lowest BCUT2D eigenvalue weighted by atomic mass is 10.2. The molecule has 2 unspecified atom stereocenters. The predicted molar refractivity (Wildman–Crippen MR) is 74.6 cm³/mol. The Morgan fingerprint density at radius 1 is 1.39 bits per heavy atom. The second kappa shape index (κ2) is 5.10. The Hall–Kier alpha value is -1.36. The molecule has 1 aromatic heterocycles. The number of nitrogens with zero attached hydrogens (tertiary/aromatic N) is 1. The van der Waals surface area contributed by atoms with Crippen LogP contribution in [0.1, 0.15) is 26.7 Å². The number of hydrogen-bond donors (Lipinski definition) is 1. The van der Waals surface area contributed by atoms with E-state index in [1.54, 1.807) is 6.07 Å². The maximum Gasteiger partial charge on any atom is 0.208 e. The largest absolute Gasteiger partial charge is 0.440 e. The van der Waals surface area contributed by atoms with Crippen molar-refractivity contribution >= 4 is 27.6 Å². The van der Waals surface area contributed by atoms with Crippen LogP contribution < -0.4 is 5.73 Å². The van der Waals surface area contributed by atoms with Crippen molar-refractivity contribution in [3.63, 3.8) is 0 Å². The van der Waals surface area contributed by atoms with Gasteiger partial charge in [0.15, 0.2) is 5.58 Å². The Morgan fingerprint density at radius 3 is 2.72 bits per heavy atom. The highest BCUT2D eigenvalue weighted by Crippen LogP contribution is 2.22. The summed E-state index contributed by atoms with van der Waals surface area (Å²) >= 11 is 0. The van der Waals surface area contributed by atoms with E-state index in [-0.39, 0.29) is 5.25 Å². The minimum absolute atomic E-state index is 0.123. The zero-order chi connectivity index (χ0) is 13.3. The summed E-state index contributed by atoms with van der Waals surface area (Å²) in [6.07, 6.45) is 0. The first-order chi connectivity index (χ1) is 8.49. The van der Waals surface area contributed by atoms with E-state index < -0.39 is 10.8 Å². The van der Waals surface area contributed by atoms with Crippen LogP contribution in [0.25, 0.3) is 11.1 Å². The summed E-state index contributed by atoms with van der Waals surface area (Å²) < 4.78 is 17.7. The molecule has 2 aromatic rings. The van der Waals surface area contributed by atoms with Gasteiger partial charge in [0, 0.05) is 16.0 Å². The van der Waals surface area contributed by atoms with Crippen LogP contribution >= 0.6 is 0 Å². The average Bonchev–Trinajstić information content (AvgIpc) is 2.71. The van der Waals surface area contributed by atoms with Crippen LogP contribution in [-0.2, 0) is 16.6 Å². The van der Waals surface area contributed by atoms with Crippen LogP contribution in [0.2, 0.25) is 0 Å². The molecule has 4 nitrogen and oxygen atoms in total. The van der Waals surface area contributed by atoms with Gasteiger partial charge >= 0.3 is 0 Å². The second-order valence-corrected chi connectivity index (χ2v) is 6.57. The minimum Gasteiger partial charge on any atom is -0.440 e. The number of aromatic nitrogens is 1. The van der Waals surface area contributed by atoms with Crippen molar-refractivity contribution in [2.75, 3.05) is 5.73 Å². The highest BCUT2D eigenvalue weighted by Gasteiger charge is 2.18. The molecule has 1 heterocycles. The van der Waals surface area contributed by atoms with Crippen molar-refractivity contribution in [1.82, 2.24) is 4.98 Å². The predicted octanol–water partition coefficient (Wildman–Crippen LogP) is 2.70. The Balaban J connectivity index is 2.23. The van der Waals surface area contributed by atoms with Gasteiger partial charge in [-0.05, 0) is 18.1 Å². The van der Waals surface area contributed by atoms with Gasteiger partial charge in [-0.25, -0.2) is 4.98 Å². The van der Waals surface area contributed by atoms with E-state index in [1.807, 2.05) is 19.1 Å². The summed E-state index contributed by atoms with van der Waals surface area (Å²) in [7, 11) is -0.976. The molecule has 18 heavy (non-hydrogen) atoms. The van der Waals surface area contributed by atoms with Crippen LogP contribution in [0, 0.1) is 5.92 Å². The quantitative estimate of drug-likeness (QED) is 0.864. The lowest BCUT2D eigenvalue weighted by Gasteiger charge is -2.13. The lowest BCUT2D eigenvalue weighted by Crippen LogP contribution is -2.19. The van der Waals surface area contributed by atoms with Crippen molar-refractivity contribution in [1.29, 1.82) is 0 Å². The SMILES string of the molecule is CC(C)C(C)S(=O)Cc1nc2c(N)cccc2o1. The standard InChI is InChI=1S/C13H18N2O2S/c1-8(2)9(3)18(16)7-12-15-13-10(14)5-4-6-11(13)17-12/h4-6,8-9H,7,14H2,1-3H3. The molecule has 0 bridgehead atoms. The molecule has 0 fully saturated rings. The Labute approximate surface area is 109 Å². The van der Waals surface area contributed by atoms with Crippen molar-refractivity contribution in [2.24, 2.45) is 5.92 Å². The van der Waals surface area contributed by atoms with Gasteiger partial charge < -0.3 is 10.2 Å². The van der Waals surface area contributed by atoms with Crippen LogP contribution in [0.5, 0.6) is 0 Å². The van der Waals surface area contributed by atoms with Crippen molar-refractivity contribution in [2.45, 2.75) is 31.8 Å². The van der Waals surface area contributed by atoms with Gasteiger partial charge in [0.1, 0.15) is 11.3 Å². The van der Waals surface area contributed by atoms with Gasteiger partial charge in [0.25, 0.3) is 0 Å². The van der Waals surface area contributed by atoms with Gasteiger partial charge in [0.05, 0.1) is 5.69 Å². The van der Waals surface area contributed by atoms with E-state index >= 15 is 0 Å². The van der Waals surface area contributed by atoms with E-state index in [0.717, 1.165) is 0 Å². The number of benzene rings is 1. The number of rotatable bonds is 4. The summed E-state index contributed by atoms with van der Waals surface area (Å²) in [5.41, 5.74) is 7.70. The third kappa shape index (κ3) is 2.56. The molecule has 0 saturated carbocycles. The summed E-state index contributed by atoms with van der Waals surface area (Å²) in [4.78, 5) is 4.31. The average molecular weight is 266 g/mol. The number of nitrogens with two attached hydrogens (primary N) is 1. The maximum atomic E-state index is 12.1. The lowest BCUT2D eigenvalue weighted by molar-refractivity contribution is 0.547. The number of nitrogen functional groups attached to an aromatic ring is 1. The Morgan fingerprint density at radius 2 is 2.11 bits per heavy atom. The van der Waals surface area contributed by atoms with Gasteiger partial charge in [-0.15, -0.1) is 0 Å². The number of anilines is 1. The maximum absolute atomic E-state index is 12.1. The molecule has 2 N–H and O–H groups in total. The van der Waals surface area contributed by atoms with E-state index in [2.05, 4.69) is 18.8 Å². The fourth-order valence-electron chi connectivity index (χ4n) is 1.63. The zero-order valence-electron chi connectivity index (χ0n) is 10.8. The summed E-state index contributed by atoms with van der Waals surface area (Å²) in [6.45, 7) is 6.11. The van der Waals surface area contributed by atoms with E-state index in [1.165, 1.54) is 0 Å². The van der Waals surface area contributed by atoms with Gasteiger partial charge in [0.2, 0.25) is 5.89 Å². The van der Waals surface area contributed by atoms with E-state index in [0.29, 0.717) is 34.3 Å². The topological polar surface area (TPSA) is 69.1 Å². The van der Waals surface area contributed by atoms with Gasteiger partial charge in [-0.3, -0.25) is 4.21 Å². The fraction of sp³-hybridized carbons (Fsp3) is 0.462. The van der Waals surface area contributed by atoms with Gasteiger partial charge in [-0.2, -0.15) is 0 Å². The third-order valence-electron chi connectivity index (χ3n) is 3.11.